The SMILES string of the molecule is CCCc1nccn1-c1cc(N)ccc1C(N)=O. The number of primary amides is 1. The first kappa shape index (κ1) is 12.2. The molecule has 0 atom stereocenters. The number of aryl methyl sites for hydroxylation is 1. The number of benzene rings is 1. The molecule has 94 valence electrons. The van der Waals surface area contributed by atoms with Crippen molar-refractivity contribution >= 4 is 11.6 Å². The predicted octanol–water partition coefficient (Wildman–Crippen LogP) is 1.51. The van der Waals surface area contributed by atoms with E-state index in [4.69, 9.17) is 11.5 Å². The number of anilines is 1. The van der Waals surface area contributed by atoms with E-state index in [1.807, 2.05) is 10.8 Å². The number of imidazole rings is 1. The molecule has 1 heterocycles. The molecule has 4 N–H and O–H groups in total. The minimum Gasteiger partial charge on any atom is -0.399 e. The van der Waals surface area contributed by atoms with Crippen LogP contribution in [0, 0.1) is 0 Å². The largest absolute Gasteiger partial charge is 0.399 e. The van der Waals surface area contributed by atoms with Crippen molar-refractivity contribution in [2.45, 2.75) is 19.8 Å². The van der Waals surface area contributed by atoms with E-state index in [2.05, 4.69) is 11.9 Å². The van der Waals surface area contributed by atoms with Crippen LogP contribution in [0.15, 0.2) is 30.6 Å². The molecule has 0 aliphatic heterocycles. The number of amides is 1. The molecule has 0 aliphatic carbocycles. The third kappa shape index (κ3) is 2.20. The second-order valence-corrected chi connectivity index (χ2v) is 4.10. The van der Waals surface area contributed by atoms with Crippen LogP contribution in [0.4, 0.5) is 5.69 Å². The number of hydrogen-bond acceptors (Lipinski definition) is 3. The van der Waals surface area contributed by atoms with Crippen LogP contribution in [0.5, 0.6) is 0 Å². The van der Waals surface area contributed by atoms with E-state index in [0.29, 0.717) is 16.9 Å². The summed E-state index contributed by atoms with van der Waals surface area (Å²) < 4.78 is 1.86. The Morgan fingerprint density at radius 1 is 1.44 bits per heavy atom. The molecule has 18 heavy (non-hydrogen) atoms. The fraction of sp³-hybridized carbons (Fsp3) is 0.231. The first-order valence-electron chi connectivity index (χ1n) is 5.85. The predicted molar refractivity (Wildman–Crippen MR) is 70.5 cm³/mol. The van der Waals surface area contributed by atoms with E-state index in [-0.39, 0.29) is 0 Å². The Labute approximate surface area is 105 Å². The molecule has 0 spiro atoms. The standard InChI is InChI=1S/C13H16N4O/c1-2-3-12-16-6-7-17(12)11-8-9(14)4-5-10(11)13(15)18/h4-8H,2-3,14H2,1H3,(H2,15,18). The Kier molecular flexibility index (Phi) is 3.32. The lowest BCUT2D eigenvalue weighted by molar-refractivity contribution is 0.100. The van der Waals surface area contributed by atoms with Gasteiger partial charge >= 0.3 is 0 Å². The molecule has 1 amide bonds. The summed E-state index contributed by atoms with van der Waals surface area (Å²) in [7, 11) is 0. The molecule has 0 unspecified atom stereocenters. The summed E-state index contributed by atoms with van der Waals surface area (Å²) in [6.07, 6.45) is 5.33. The maximum Gasteiger partial charge on any atom is 0.250 e. The number of nitrogens with two attached hydrogens (primary N) is 2. The van der Waals surface area contributed by atoms with Crippen molar-refractivity contribution < 1.29 is 4.79 Å². The van der Waals surface area contributed by atoms with E-state index in [9.17, 15) is 4.79 Å². The van der Waals surface area contributed by atoms with Gasteiger partial charge in [-0.3, -0.25) is 4.79 Å². The Bertz CT molecular complexity index is 574. The van der Waals surface area contributed by atoms with E-state index < -0.39 is 5.91 Å². The fourth-order valence-electron chi connectivity index (χ4n) is 1.92. The molecular formula is C13H16N4O. The van der Waals surface area contributed by atoms with Crippen molar-refractivity contribution in [2.75, 3.05) is 5.73 Å². The van der Waals surface area contributed by atoms with Gasteiger partial charge in [0.05, 0.1) is 11.3 Å². The number of aromatic nitrogens is 2. The number of carbonyl (C=O) groups is 1. The Balaban J connectivity index is 2.58. The molecular weight excluding hydrogens is 228 g/mol. The van der Waals surface area contributed by atoms with E-state index >= 15 is 0 Å². The second-order valence-electron chi connectivity index (χ2n) is 4.10. The van der Waals surface area contributed by atoms with Crippen molar-refractivity contribution in [3.8, 4) is 5.69 Å². The summed E-state index contributed by atoms with van der Waals surface area (Å²) in [6.45, 7) is 2.08. The number of nitrogen functional groups attached to an aromatic ring is 1. The lowest BCUT2D eigenvalue weighted by Gasteiger charge is -2.11. The van der Waals surface area contributed by atoms with Crippen LogP contribution in [0.3, 0.4) is 0 Å². The highest BCUT2D eigenvalue weighted by molar-refractivity contribution is 5.97. The van der Waals surface area contributed by atoms with Crippen molar-refractivity contribution in [3.63, 3.8) is 0 Å². The number of carbonyl (C=O) groups excluding carboxylic acids is 1. The van der Waals surface area contributed by atoms with Gasteiger partial charge in [0.2, 0.25) is 0 Å². The average molecular weight is 244 g/mol. The molecule has 0 bridgehead atoms. The molecule has 1 aromatic heterocycles. The number of rotatable bonds is 4. The molecule has 5 heteroatoms. The molecule has 2 rings (SSSR count). The Morgan fingerprint density at radius 2 is 2.22 bits per heavy atom. The van der Waals surface area contributed by atoms with E-state index in [1.54, 1.807) is 24.4 Å². The lowest BCUT2D eigenvalue weighted by Crippen LogP contribution is -2.15. The molecule has 1 aromatic carbocycles. The van der Waals surface area contributed by atoms with Gasteiger partial charge in [-0.1, -0.05) is 6.92 Å². The summed E-state index contributed by atoms with van der Waals surface area (Å²) in [4.78, 5) is 15.7. The summed E-state index contributed by atoms with van der Waals surface area (Å²) in [5.41, 5.74) is 12.9. The molecule has 5 nitrogen and oxygen atoms in total. The van der Waals surface area contributed by atoms with Gasteiger partial charge in [0.15, 0.2) is 0 Å². The van der Waals surface area contributed by atoms with Crippen molar-refractivity contribution in [1.29, 1.82) is 0 Å². The highest BCUT2D eigenvalue weighted by atomic mass is 16.1. The van der Waals surface area contributed by atoms with Crippen molar-refractivity contribution in [2.24, 2.45) is 5.73 Å². The maximum absolute atomic E-state index is 11.4. The van der Waals surface area contributed by atoms with Gasteiger partial charge in [0.25, 0.3) is 5.91 Å². The molecule has 0 aliphatic rings. The van der Waals surface area contributed by atoms with Crippen LogP contribution in [-0.4, -0.2) is 15.5 Å². The van der Waals surface area contributed by atoms with Gasteiger partial charge in [-0.05, 0) is 24.6 Å². The van der Waals surface area contributed by atoms with Gasteiger partial charge in [0, 0.05) is 24.5 Å². The summed E-state index contributed by atoms with van der Waals surface area (Å²) in [6, 6.07) is 5.05. The Morgan fingerprint density at radius 3 is 2.89 bits per heavy atom. The van der Waals surface area contributed by atoms with Gasteiger partial charge in [-0.25, -0.2) is 4.98 Å². The third-order valence-electron chi connectivity index (χ3n) is 2.74. The van der Waals surface area contributed by atoms with Gasteiger partial charge in [-0.2, -0.15) is 0 Å². The van der Waals surface area contributed by atoms with E-state index in [1.165, 1.54) is 0 Å². The zero-order valence-corrected chi connectivity index (χ0v) is 10.3. The van der Waals surface area contributed by atoms with Gasteiger partial charge in [-0.15, -0.1) is 0 Å². The monoisotopic (exact) mass is 244 g/mol. The van der Waals surface area contributed by atoms with Crippen LogP contribution in [0.1, 0.15) is 29.5 Å². The smallest absolute Gasteiger partial charge is 0.250 e. The minimum absolute atomic E-state index is 0.444. The van der Waals surface area contributed by atoms with Crippen molar-refractivity contribution in [1.82, 2.24) is 9.55 Å². The van der Waals surface area contributed by atoms with Crippen LogP contribution < -0.4 is 11.5 Å². The number of nitrogens with zero attached hydrogens (tertiary/aromatic N) is 2. The second kappa shape index (κ2) is 4.91. The van der Waals surface area contributed by atoms with Gasteiger partial charge in [0.1, 0.15) is 5.82 Å². The lowest BCUT2D eigenvalue weighted by atomic mass is 10.1. The highest BCUT2D eigenvalue weighted by Gasteiger charge is 2.12. The van der Waals surface area contributed by atoms with Crippen LogP contribution in [0.2, 0.25) is 0 Å². The molecule has 0 saturated carbocycles. The fourth-order valence-corrected chi connectivity index (χ4v) is 1.92. The molecule has 0 fully saturated rings. The summed E-state index contributed by atoms with van der Waals surface area (Å²) in [5.74, 6) is 0.423. The third-order valence-corrected chi connectivity index (χ3v) is 2.74. The summed E-state index contributed by atoms with van der Waals surface area (Å²) in [5, 5.41) is 0. The quantitative estimate of drug-likeness (QED) is 0.799. The van der Waals surface area contributed by atoms with E-state index in [0.717, 1.165) is 18.7 Å². The highest BCUT2D eigenvalue weighted by Crippen LogP contribution is 2.20. The van der Waals surface area contributed by atoms with Crippen LogP contribution in [0.25, 0.3) is 5.69 Å². The zero-order valence-electron chi connectivity index (χ0n) is 10.3. The van der Waals surface area contributed by atoms with Gasteiger partial charge < -0.3 is 16.0 Å². The molecule has 0 radical (unpaired) electrons. The maximum atomic E-state index is 11.4. The molecule has 0 saturated heterocycles. The first-order valence-corrected chi connectivity index (χ1v) is 5.85. The average Bonchev–Trinajstić information content (AvgIpc) is 2.77. The van der Waals surface area contributed by atoms with Crippen molar-refractivity contribution in [3.05, 3.63) is 42.0 Å². The zero-order chi connectivity index (χ0) is 13.1. The Hall–Kier alpha value is -2.30. The number of hydrogen-bond donors (Lipinski definition) is 2. The van der Waals surface area contributed by atoms with Crippen LogP contribution >= 0.6 is 0 Å². The normalized spacial score (nSPS) is 10.5. The topological polar surface area (TPSA) is 86.9 Å². The molecule has 2 aromatic rings. The minimum atomic E-state index is -0.471. The first-order chi connectivity index (χ1) is 8.63. The van der Waals surface area contributed by atoms with Crippen LogP contribution in [-0.2, 0) is 6.42 Å². The summed E-state index contributed by atoms with van der Waals surface area (Å²) >= 11 is 0.